The smallest absolute Gasteiger partial charge is 0.246 e. The Morgan fingerprint density at radius 2 is 1.33 bits per heavy atom. The van der Waals surface area contributed by atoms with E-state index in [0.717, 1.165) is 0 Å². The number of carbonyl (C=O) groups excluding carboxylic acids is 4. The summed E-state index contributed by atoms with van der Waals surface area (Å²) in [5.41, 5.74) is -0.169. The van der Waals surface area contributed by atoms with Gasteiger partial charge in [0.2, 0.25) is 11.8 Å². The van der Waals surface area contributed by atoms with Crippen molar-refractivity contribution in [2.75, 3.05) is 32.8 Å². The zero-order valence-corrected chi connectivity index (χ0v) is 26.4. The molecule has 46 heavy (non-hydrogen) atoms. The van der Waals surface area contributed by atoms with E-state index in [2.05, 4.69) is 6.58 Å². The van der Waals surface area contributed by atoms with Gasteiger partial charge in [-0.2, -0.15) is 0 Å². The topological polar surface area (TPSA) is 112 Å². The molecule has 0 bridgehead atoms. The number of carbonyl (C=O) groups is 4. The van der Waals surface area contributed by atoms with Crippen molar-refractivity contribution in [1.29, 1.82) is 0 Å². The standard InChI is InChI=1S/C36H40N2O8/c1-4-33(41)37-15-11-35(12-16-37)22-29(39)27-9-7-25(20-31(27)45-35)43-19-5-6-34(42)38-17-13-36(14-18-38)23-30(40)28-10-8-26(44-24(2)3)21-32(28)46-36/h4-10,20-21,24H,1,11-19,22-23H2,2-3H3/b6-5+. The van der Waals surface area contributed by atoms with Crippen LogP contribution in [-0.4, -0.2) is 83.3 Å². The van der Waals surface area contributed by atoms with Crippen LogP contribution in [0.1, 0.15) is 73.1 Å². The van der Waals surface area contributed by atoms with E-state index in [0.29, 0.717) is 92.4 Å². The number of benzene rings is 2. The van der Waals surface area contributed by atoms with Gasteiger partial charge in [0, 0.05) is 70.1 Å². The lowest BCUT2D eigenvalue weighted by molar-refractivity contribution is -0.130. The zero-order valence-electron chi connectivity index (χ0n) is 26.4. The Labute approximate surface area is 268 Å². The quantitative estimate of drug-likeness (QED) is 0.396. The van der Waals surface area contributed by atoms with Gasteiger partial charge in [-0.25, -0.2) is 0 Å². The second-order valence-corrected chi connectivity index (χ2v) is 12.8. The lowest BCUT2D eigenvalue weighted by Gasteiger charge is -2.43. The number of ether oxygens (including phenoxy) is 4. The predicted octanol–water partition coefficient (Wildman–Crippen LogP) is 4.95. The van der Waals surface area contributed by atoms with Crippen molar-refractivity contribution < 1.29 is 38.1 Å². The van der Waals surface area contributed by atoms with Crippen LogP contribution in [0.2, 0.25) is 0 Å². The molecule has 6 rings (SSSR count). The predicted molar refractivity (Wildman–Crippen MR) is 170 cm³/mol. The van der Waals surface area contributed by atoms with E-state index in [1.54, 1.807) is 52.3 Å². The highest BCUT2D eigenvalue weighted by Crippen LogP contribution is 2.42. The van der Waals surface area contributed by atoms with Gasteiger partial charge in [-0.1, -0.05) is 6.58 Å². The third kappa shape index (κ3) is 6.52. The minimum atomic E-state index is -0.634. The molecule has 242 valence electrons. The highest BCUT2D eigenvalue weighted by atomic mass is 16.5. The normalized spacial score (nSPS) is 19.8. The van der Waals surface area contributed by atoms with Gasteiger partial charge in [0.1, 0.15) is 40.8 Å². The Morgan fingerprint density at radius 1 is 0.826 bits per heavy atom. The molecule has 0 aliphatic carbocycles. The number of amides is 2. The summed E-state index contributed by atoms with van der Waals surface area (Å²) >= 11 is 0. The number of ketones is 2. The maximum Gasteiger partial charge on any atom is 0.246 e. The van der Waals surface area contributed by atoms with Crippen LogP contribution in [0, 0.1) is 0 Å². The van der Waals surface area contributed by atoms with E-state index in [4.69, 9.17) is 18.9 Å². The lowest BCUT2D eigenvalue weighted by atomic mass is 9.82. The van der Waals surface area contributed by atoms with Gasteiger partial charge >= 0.3 is 0 Å². The van der Waals surface area contributed by atoms with E-state index in [1.807, 2.05) is 13.8 Å². The zero-order chi connectivity index (χ0) is 32.5. The van der Waals surface area contributed by atoms with Crippen LogP contribution in [0.5, 0.6) is 23.0 Å². The average Bonchev–Trinajstić information content (AvgIpc) is 3.02. The van der Waals surface area contributed by atoms with E-state index < -0.39 is 11.2 Å². The molecule has 0 N–H and O–H groups in total. The molecule has 2 saturated heterocycles. The van der Waals surface area contributed by atoms with Crippen LogP contribution in [0.4, 0.5) is 0 Å². The first-order valence-corrected chi connectivity index (χ1v) is 16.0. The Balaban J connectivity index is 1.00. The molecule has 2 amide bonds. The number of Topliss-reactive ketones (excluding diaryl/α,β-unsaturated/α-hetero) is 2. The van der Waals surface area contributed by atoms with Gasteiger partial charge in [-0.05, 0) is 50.3 Å². The third-order valence-electron chi connectivity index (χ3n) is 9.25. The Bertz CT molecular complexity index is 1580. The van der Waals surface area contributed by atoms with Crippen molar-refractivity contribution in [2.45, 2.75) is 69.7 Å². The van der Waals surface area contributed by atoms with Crippen LogP contribution >= 0.6 is 0 Å². The first-order chi connectivity index (χ1) is 22.1. The van der Waals surface area contributed by atoms with Crippen LogP contribution in [-0.2, 0) is 9.59 Å². The molecule has 0 radical (unpaired) electrons. The Morgan fingerprint density at radius 3 is 1.85 bits per heavy atom. The fourth-order valence-corrected chi connectivity index (χ4v) is 6.74. The second kappa shape index (κ2) is 12.7. The minimum Gasteiger partial charge on any atom is -0.491 e. The molecule has 0 saturated carbocycles. The molecule has 4 heterocycles. The molecule has 0 unspecified atom stereocenters. The fraction of sp³-hybridized carbons (Fsp3) is 0.444. The molecular weight excluding hydrogens is 588 g/mol. The van der Waals surface area contributed by atoms with Crippen molar-refractivity contribution in [3.05, 3.63) is 72.3 Å². The van der Waals surface area contributed by atoms with Crippen LogP contribution in [0.25, 0.3) is 0 Å². The van der Waals surface area contributed by atoms with Gasteiger partial charge in [0.05, 0.1) is 30.1 Å². The summed E-state index contributed by atoms with van der Waals surface area (Å²) in [5, 5.41) is 0. The molecule has 2 aromatic carbocycles. The molecule has 2 spiro atoms. The third-order valence-corrected chi connectivity index (χ3v) is 9.25. The van der Waals surface area contributed by atoms with Crippen molar-refractivity contribution in [3.8, 4) is 23.0 Å². The SMILES string of the molecule is C=CC(=O)N1CCC2(CC1)CC(=O)c1ccc(OC/C=C/C(=O)N3CCC4(CC3)CC(=O)c3ccc(OC(C)C)cc3O4)cc1O2. The molecule has 0 atom stereocenters. The Kier molecular flexibility index (Phi) is 8.63. The molecule has 4 aliphatic heterocycles. The number of hydrogen-bond acceptors (Lipinski definition) is 8. The number of rotatable bonds is 7. The number of piperidine rings is 2. The molecule has 2 aromatic rings. The van der Waals surface area contributed by atoms with E-state index in [1.165, 1.54) is 12.2 Å². The van der Waals surface area contributed by atoms with Gasteiger partial charge in [0.15, 0.2) is 11.6 Å². The molecule has 2 fully saturated rings. The maximum atomic E-state index is 13.0. The molecule has 4 aliphatic rings. The lowest BCUT2D eigenvalue weighted by Crippen LogP contribution is -2.52. The first-order valence-electron chi connectivity index (χ1n) is 16.0. The highest BCUT2D eigenvalue weighted by molar-refractivity contribution is 6.01. The monoisotopic (exact) mass is 628 g/mol. The van der Waals surface area contributed by atoms with Crippen molar-refractivity contribution in [3.63, 3.8) is 0 Å². The highest BCUT2D eigenvalue weighted by Gasteiger charge is 2.45. The molecule has 10 nitrogen and oxygen atoms in total. The Hall–Kier alpha value is -4.60. The van der Waals surface area contributed by atoms with Gasteiger partial charge < -0.3 is 28.7 Å². The summed E-state index contributed by atoms with van der Waals surface area (Å²) in [4.78, 5) is 54.3. The molecule has 10 heteroatoms. The van der Waals surface area contributed by atoms with Gasteiger partial charge in [-0.15, -0.1) is 0 Å². The van der Waals surface area contributed by atoms with Crippen LogP contribution in [0.15, 0.2) is 61.2 Å². The maximum absolute atomic E-state index is 13.0. The van der Waals surface area contributed by atoms with E-state index in [-0.39, 0.29) is 42.5 Å². The second-order valence-electron chi connectivity index (χ2n) is 12.8. The minimum absolute atomic E-state index is 0.00946. The van der Waals surface area contributed by atoms with E-state index >= 15 is 0 Å². The van der Waals surface area contributed by atoms with Crippen LogP contribution < -0.4 is 18.9 Å². The van der Waals surface area contributed by atoms with Crippen molar-refractivity contribution >= 4 is 23.4 Å². The van der Waals surface area contributed by atoms with Crippen LogP contribution in [0.3, 0.4) is 0 Å². The van der Waals surface area contributed by atoms with Crippen molar-refractivity contribution in [1.82, 2.24) is 9.80 Å². The summed E-state index contributed by atoms with van der Waals surface area (Å²) in [6, 6.07) is 10.5. The first kappa shape index (κ1) is 31.4. The number of likely N-dealkylation sites (tertiary alicyclic amines) is 2. The van der Waals surface area contributed by atoms with Gasteiger partial charge in [0.25, 0.3) is 0 Å². The van der Waals surface area contributed by atoms with Crippen molar-refractivity contribution in [2.24, 2.45) is 0 Å². The fourth-order valence-electron chi connectivity index (χ4n) is 6.74. The summed E-state index contributed by atoms with van der Waals surface area (Å²) in [5.74, 6) is 2.04. The summed E-state index contributed by atoms with van der Waals surface area (Å²) in [6.07, 6.45) is 7.30. The number of nitrogens with zero attached hydrogens (tertiary/aromatic N) is 2. The molecular formula is C36H40N2O8. The average molecular weight is 629 g/mol. The number of fused-ring (bicyclic) bond motifs is 2. The summed E-state index contributed by atoms with van der Waals surface area (Å²) < 4.78 is 24.4. The van der Waals surface area contributed by atoms with Gasteiger partial charge in [-0.3, -0.25) is 19.2 Å². The summed E-state index contributed by atoms with van der Waals surface area (Å²) in [6.45, 7) is 9.58. The number of hydrogen-bond donors (Lipinski definition) is 0. The largest absolute Gasteiger partial charge is 0.491 e. The molecule has 0 aromatic heterocycles. The summed E-state index contributed by atoms with van der Waals surface area (Å²) in [7, 11) is 0. The van der Waals surface area contributed by atoms with E-state index in [9.17, 15) is 19.2 Å².